The first-order valence-corrected chi connectivity index (χ1v) is 7.85. The van der Waals surface area contributed by atoms with E-state index in [2.05, 4.69) is 20.8 Å². The fourth-order valence-electron chi connectivity index (χ4n) is 2.64. The number of hydrogen-bond donors (Lipinski definition) is 2. The van der Waals surface area contributed by atoms with E-state index in [9.17, 15) is 13.6 Å². The van der Waals surface area contributed by atoms with Gasteiger partial charge < -0.3 is 15.8 Å². The standard InChI is InChI=1S/C15H18F2N6O2/c16-12(17)8-25-11-3-1-9(2-4-11)14(18)15(24)19-10-5-6-23-13(7-10)20-21-22-23/h1-4,10,12,14H,5-8,18H2,(H,19,24). The Morgan fingerprint density at radius 3 is 2.88 bits per heavy atom. The molecule has 0 fully saturated rings. The summed E-state index contributed by atoms with van der Waals surface area (Å²) in [6, 6.07) is 5.27. The van der Waals surface area contributed by atoms with Crippen LogP contribution in [0.2, 0.25) is 0 Å². The summed E-state index contributed by atoms with van der Waals surface area (Å²) in [5.41, 5.74) is 6.56. The molecule has 2 aromatic rings. The third-order valence-corrected chi connectivity index (χ3v) is 3.97. The topological polar surface area (TPSA) is 108 Å². The second-order valence-electron chi connectivity index (χ2n) is 5.77. The second kappa shape index (κ2) is 7.51. The largest absolute Gasteiger partial charge is 0.488 e. The van der Waals surface area contributed by atoms with Crippen molar-refractivity contribution in [2.24, 2.45) is 5.73 Å². The predicted molar refractivity (Wildman–Crippen MR) is 82.9 cm³/mol. The lowest BCUT2D eigenvalue weighted by molar-refractivity contribution is -0.123. The summed E-state index contributed by atoms with van der Waals surface area (Å²) < 4.78 is 30.8. The summed E-state index contributed by atoms with van der Waals surface area (Å²) in [6.07, 6.45) is -1.27. The van der Waals surface area contributed by atoms with E-state index in [0.29, 0.717) is 24.3 Å². The maximum atomic E-state index is 12.3. The molecule has 1 aliphatic rings. The van der Waals surface area contributed by atoms with Crippen LogP contribution >= 0.6 is 0 Å². The predicted octanol–water partition coefficient (Wildman–Crippen LogP) is 0.448. The Kier molecular flexibility index (Phi) is 5.17. The van der Waals surface area contributed by atoms with Gasteiger partial charge in [0.1, 0.15) is 18.4 Å². The number of ether oxygens (including phenoxy) is 1. The van der Waals surface area contributed by atoms with Crippen molar-refractivity contribution in [2.75, 3.05) is 6.61 Å². The van der Waals surface area contributed by atoms with Gasteiger partial charge in [0, 0.05) is 19.0 Å². The normalized spacial score (nSPS) is 17.8. The molecule has 1 aromatic heterocycles. The molecule has 134 valence electrons. The van der Waals surface area contributed by atoms with E-state index < -0.39 is 19.1 Å². The molecule has 2 atom stereocenters. The molecule has 0 aliphatic carbocycles. The Morgan fingerprint density at radius 2 is 2.16 bits per heavy atom. The highest BCUT2D eigenvalue weighted by molar-refractivity contribution is 5.83. The first kappa shape index (κ1) is 17.2. The first-order valence-electron chi connectivity index (χ1n) is 7.85. The minimum atomic E-state index is -2.54. The van der Waals surface area contributed by atoms with Crippen molar-refractivity contribution in [2.45, 2.75) is 37.9 Å². The lowest BCUT2D eigenvalue weighted by Gasteiger charge is -2.24. The Morgan fingerprint density at radius 1 is 1.40 bits per heavy atom. The van der Waals surface area contributed by atoms with Crippen molar-refractivity contribution in [3.05, 3.63) is 35.7 Å². The Hall–Kier alpha value is -2.62. The number of nitrogens with one attached hydrogen (secondary N) is 1. The SMILES string of the molecule is NC(C(=O)NC1CCn2nnnc2C1)c1ccc(OCC(F)F)cc1. The Bertz CT molecular complexity index is 721. The molecule has 8 nitrogen and oxygen atoms in total. The van der Waals surface area contributed by atoms with Gasteiger partial charge in [-0.15, -0.1) is 5.10 Å². The molecule has 1 aliphatic heterocycles. The van der Waals surface area contributed by atoms with Crippen molar-refractivity contribution in [1.82, 2.24) is 25.5 Å². The van der Waals surface area contributed by atoms with Crippen LogP contribution in [0.25, 0.3) is 0 Å². The maximum absolute atomic E-state index is 12.3. The molecule has 0 radical (unpaired) electrons. The van der Waals surface area contributed by atoms with E-state index in [4.69, 9.17) is 10.5 Å². The summed E-state index contributed by atoms with van der Waals surface area (Å²) in [4.78, 5) is 12.3. The monoisotopic (exact) mass is 352 g/mol. The van der Waals surface area contributed by atoms with Gasteiger partial charge in [0.2, 0.25) is 5.91 Å². The average Bonchev–Trinajstić information content (AvgIpc) is 3.07. The van der Waals surface area contributed by atoms with Gasteiger partial charge in [-0.3, -0.25) is 4.79 Å². The molecule has 0 bridgehead atoms. The molecule has 2 unspecified atom stereocenters. The maximum Gasteiger partial charge on any atom is 0.272 e. The molecule has 3 rings (SSSR count). The zero-order chi connectivity index (χ0) is 17.8. The summed E-state index contributed by atoms with van der Waals surface area (Å²) in [5.74, 6) is 0.716. The number of tetrazole rings is 1. The van der Waals surface area contributed by atoms with Gasteiger partial charge in [-0.1, -0.05) is 12.1 Å². The van der Waals surface area contributed by atoms with Crippen LogP contribution in [0, 0.1) is 0 Å². The molecule has 25 heavy (non-hydrogen) atoms. The van der Waals surface area contributed by atoms with Crippen LogP contribution in [0.1, 0.15) is 23.9 Å². The number of amides is 1. The van der Waals surface area contributed by atoms with Crippen LogP contribution in [0.15, 0.2) is 24.3 Å². The van der Waals surface area contributed by atoms with Gasteiger partial charge in [-0.05, 0) is 34.5 Å². The number of aryl methyl sites for hydroxylation is 1. The van der Waals surface area contributed by atoms with Crippen LogP contribution in [0.5, 0.6) is 5.75 Å². The number of nitrogens with zero attached hydrogens (tertiary/aromatic N) is 4. The number of rotatable bonds is 6. The minimum Gasteiger partial charge on any atom is -0.488 e. The number of benzene rings is 1. The van der Waals surface area contributed by atoms with Gasteiger partial charge in [0.25, 0.3) is 6.43 Å². The van der Waals surface area contributed by atoms with Crippen LogP contribution in [-0.2, 0) is 17.8 Å². The molecule has 3 N–H and O–H groups in total. The highest BCUT2D eigenvalue weighted by atomic mass is 19.3. The fourth-order valence-corrected chi connectivity index (χ4v) is 2.64. The molecule has 10 heteroatoms. The Labute approximate surface area is 142 Å². The number of carbonyl (C=O) groups is 1. The number of fused-ring (bicyclic) bond motifs is 1. The van der Waals surface area contributed by atoms with E-state index in [1.54, 1.807) is 16.8 Å². The highest BCUT2D eigenvalue weighted by Gasteiger charge is 2.25. The molecule has 1 aromatic carbocycles. The van der Waals surface area contributed by atoms with E-state index in [1.807, 2.05) is 0 Å². The van der Waals surface area contributed by atoms with E-state index in [-0.39, 0.29) is 11.9 Å². The molecule has 0 spiro atoms. The quantitative estimate of drug-likeness (QED) is 0.781. The Balaban J connectivity index is 1.55. The molecular formula is C15H18F2N6O2. The molecule has 2 heterocycles. The molecular weight excluding hydrogens is 334 g/mol. The summed E-state index contributed by atoms with van der Waals surface area (Å²) in [7, 11) is 0. The number of aromatic nitrogens is 4. The van der Waals surface area contributed by atoms with Gasteiger partial charge in [-0.2, -0.15) is 0 Å². The average molecular weight is 352 g/mol. The van der Waals surface area contributed by atoms with Crippen molar-refractivity contribution < 1.29 is 18.3 Å². The summed E-state index contributed by atoms with van der Waals surface area (Å²) >= 11 is 0. The highest BCUT2D eigenvalue weighted by Crippen LogP contribution is 2.18. The smallest absolute Gasteiger partial charge is 0.272 e. The minimum absolute atomic E-state index is 0.0781. The van der Waals surface area contributed by atoms with Gasteiger partial charge >= 0.3 is 0 Å². The molecule has 0 saturated carbocycles. The van der Waals surface area contributed by atoms with Crippen LogP contribution in [0.3, 0.4) is 0 Å². The van der Waals surface area contributed by atoms with E-state index in [0.717, 1.165) is 12.2 Å². The van der Waals surface area contributed by atoms with E-state index in [1.165, 1.54) is 12.1 Å². The summed E-state index contributed by atoms with van der Waals surface area (Å²) in [6.45, 7) is -0.0360. The lowest BCUT2D eigenvalue weighted by atomic mass is 10.0. The summed E-state index contributed by atoms with van der Waals surface area (Å²) in [5, 5.41) is 14.3. The number of hydrogen-bond acceptors (Lipinski definition) is 6. The van der Waals surface area contributed by atoms with Gasteiger partial charge in [0.05, 0.1) is 0 Å². The van der Waals surface area contributed by atoms with Gasteiger partial charge in [-0.25, -0.2) is 13.5 Å². The van der Waals surface area contributed by atoms with Crippen molar-refractivity contribution in [3.8, 4) is 5.75 Å². The van der Waals surface area contributed by atoms with Crippen molar-refractivity contribution >= 4 is 5.91 Å². The fraction of sp³-hybridized carbons (Fsp3) is 0.467. The first-order chi connectivity index (χ1) is 12.0. The van der Waals surface area contributed by atoms with Crippen molar-refractivity contribution in [3.63, 3.8) is 0 Å². The third kappa shape index (κ3) is 4.27. The van der Waals surface area contributed by atoms with Crippen LogP contribution in [-0.4, -0.2) is 45.2 Å². The second-order valence-corrected chi connectivity index (χ2v) is 5.77. The number of carbonyl (C=O) groups excluding carboxylic acids is 1. The third-order valence-electron chi connectivity index (χ3n) is 3.97. The van der Waals surface area contributed by atoms with E-state index >= 15 is 0 Å². The van der Waals surface area contributed by atoms with Crippen LogP contribution < -0.4 is 15.8 Å². The number of halogens is 2. The number of nitrogens with two attached hydrogens (primary N) is 1. The molecule has 0 saturated heterocycles. The number of alkyl halides is 2. The zero-order valence-electron chi connectivity index (χ0n) is 13.3. The van der Waals surface area contributed by atoms with Gasteiger partial charge in [0.15, 0.2) is 5.82 Å². The van der Waals surface area contributed by atoms with Crippen molar-refractivity contribution in [1.29, 1.82) is 0 Å². The van der Waals surface area contributed by atoms with Crippen LogP contribution in [0.4, 0.5) is 8.78 Å². The lowest BCUT2D eigenvalue weighted by Crippen LogP contribution is -2.44. The molecule has 1 amide bonds. The zero-order valence-corrected chi connectivity index (χ0v) is 13.3.